The van der Waals surface area contributed by atoms with Gasteiger partial charge in [0.15, 0.2) is 11.5 Å². The summed E-state index contributed by atoms with van der Waals surface area (Å²) in [5, 5.41) is 0.822. The molecule has 1 heterocycles. The number of benzene rings is 1. The molecule has 0 spiro atoms. The number of hydrogen-bond donors (Lipinski definition) is 2. The zero-order valence-corrected chi connectivity index (χ0v) is 12.5. The van der Waals surface area contributed by atoms with E-state index in [1.54, 1.807) is 0 Å². The van der Waals surface area contributed by atoms with Gasteiger partial charge in [0.2, 0.25) is 0 Å². The summed E-state index contributed by atoms with van der Waals surface area (Å²) in [7, 11) is 0. The molecule has 1 aromatic heterocycles. The number of aromatic nitrogens is 1. The number of nitrogen functional groups attached to an aromatic ring is 1. The highest BCUT2D eigenvalue weighted by Crippen LogP contribution is 2.26. The second kappa shape index (κ2) is 7.61. The van der Waals surface area contributed by atoms with Crippen molar-refractivity contribution in [1.29, 1.82) is 0 Å². The third kappa shape index (κ3) is 4.17. The van der Waals surface area contributed by atoms with Gasteiger partial charge >= 0.3 is 0 Å². The van der Waals surface area contributed by atoms with Crippen LogP contribution in [0.25, 0.3) is 0 Å². The van der Waals surface area contributed by atoms with Gasteiger partial charge in [-0.25, -0.2) is 10.8 Å². The minimum Gasteiger partial charge on any atom is -0.490 e. The molecule has 0 unspecified atom stereocenters. The number of amides is 1. The molecule has 2 rings (SSSR count). The largest absolute Gasteiger partial charge is 0.490 e. The van der Waals surface area contributed by atoms with Crippen LogP contribution in [0.5, 0.6) is 11.5 Å². The normalized spacial score (nSPS) is 10.2. The lowest BCUT2D eigenvalue weighted by Crippen LogP contribution is -2.29. The van der Waals surface area contributed by atoms with Gasteiger partial charge in [-0.15, -0.1) is 11.3 Å². The molecule has 3 N–H and O–H groups in total. The van der Waals surface area contributed by atoms with Gasteiger partial charge in [-0.3, -0.25) is 10.2 Å². The van der Waals surface area contributed by atoms with Crippen LogP contribution < -0.4 is 20.7 Å². The summed E-state index contributed by atoms with van der Waals surface area (Å²) < 4.78 is 11.2. The first-order valence-corrected chi connectivity index (χ1v) is 7.36. The molecule has 112 valence electrons. The molecule has 0 atom stereocenters. The quantitative estimate of drug-likeness (QED) is 0.462. The summed E-state index contributed by atoms with van der Waals surface area (Å²) in [5.74, 6) is 6.17. The summed E-state index contributed by atoms with van der Waals surface area (Å²) in [5.41, 5.74) is 2.08. The van der Waals surface area contributed by atoms with Crippen molar-refractivity contribution in [2.24, 2.45) is 5.84 Å². The van der Waals surface area contributed by atoms with E-state index in [0.29, 0.717) is 30.3 Å². The zero-order chi connectivity index (χ0) is 15.1. The molecular weight excluding hydrogens is 290 g/mol. The summed E-state index contributed by atoms with van der Waals surface area (Å²) in [6, 6.07) is 7.52. The van der Waals surface area contributed by atoms with Gasteiger partial charge in [0, 0.05) is 6.42 Å². The van der Waals surface area contributed by atoms with Crippen LogP contribution in [-0.2, 0) is 6.42 Å². The van der Waals surface area contributed by atoms with Gasteiger partial charge in [-0.1, -0.05) is 12.1 Å². The lowest BCUT2D eigenvalue weighted by atomic mass is 10.3. The molecule has 0 aliphatic heterocycles. The number of hydrogen-bond acceptors (Lipinski definition) is 6. The second-order valence-corrected chi connectivity index (χ2v) is 5.19. The summed E-state index contributed by atoms with van der Waals surface area (Å²) in [4.78, 5) is 16.0. The monoisotopic (exact) mass is 307 g/mol. The van der Waals surface area contributed by atoms with Crippen LogP contribution in [0, 0.1) is 0 Å². The zero-order valence-electron chi connectivity index (χ0n) is 11.7. The number of nitrogens with two attached hydrogens (primary N) is 1. The standard InChI is InChI=1S/C14H17N3O3S/c1-2-19-10-5-3-4-6-11(10)20-8-7-13-16-9-12(21-13)14(18)17-15/h3-6,9H,2,7-8,15H2,1H3,(H,17,18). The van der Waals surface area contributed by atoms with E-state index in [1.807, 2.05) is 31.2 Å². The SMILES string of the molecule is CCOc1ccccc1OCCc1ncc(C(=O)NN)s1. The first kappa shape index (κ1) is 15.3. The Morgan fingerprint density at radius 2 is 2.05 bits per heavy atom. The van der Waals surface area contributed by atoms with Gasteiger partial charge in [0.25, 0.3) is 5.91 Å². The summed E-state index contributed by atoms with van der Waals surface area (Å²) in [6.07, 6.45) is 2.12. The van der Waals surface area contributed by atoms with E-state index >= 15 is 0 Å². The Hall–Kier alpha value is -2.12. The van der Waals surface area contributed by atoms with E-state index in [0.717, 1.165) is 10.8 Å². The number of nitrogens with one attached hydrogen (secondary N) is 1. The maximum absolute atomic E-state index is 11.3. The van der Waals surface area contributed by atoms with E-state index in [4.69, 9.17) is 15.3 Å². The van der Waals surface area contributed by atoms with Crippen molar-refractivity contribution in [1.82, 2.24) is 10.4 Å². The van der Waals surface area contributed by atoms with Crippen molar-refractivity contribution in [2.45, 2.75) is 13.3 Å². The van der Waals surface area contributed by atoms with Gasteiger partial charge in [0.05, 0.1) is 24.4 Å². The molecule has 21 heavy (non-hydrogen) atoms. The Bertz CT molecular complexity index is 601. The predicted molar refractivity (Wildman–Crippen MR) is 80.6 cm³/mol. The highest BCUT2D eigenvalue weighted by molar-refractivity contribution is 7.13. The fraction of sp³-hybridized carbons (Fsp3) is 0.286. The summed E-state index contributed by atoms with van der Waals surface area (Å²) >= 11 is 1.30. The average Bonchev–Trinajstić information content (AvgIpc) is 2.97. The van der Waals surface area contributed by atoms with Gasteiger partial charge in [0.1, 0.15) is 4.88 Å². The average molecular weight is 307 g/mol. The minimum atomic E-state index is -0.332. The number of carbonyl (C=O) groups excluding carboxylic acids is 1. The molecule has 2 aromatic rings. The van der Waals surface area contributed by atoms with Crippen molar-refractivity contribution in [3.05, 3.63) is 40.3 Å². The van der Waals surface area contributed by atoms with Crippen LogP contribution in [0.3, 0.4) is 0 Å². The summed E-state index contributed by atoms with van der Waals surface area (Å²) in [6.45, 7) is 2.97. The Labute approximate surface area is 126 Å². The van der Waals surface area contributed by atoms with Gasteiger partial charge in [-0.2, -0.15) is 0 Å². The minimum absolute atomic E-state index is 0.332. The van der Waals surface area contributed by atoms with Crippen molar-refractivity contribution in [2.75, 3.05) is 13.2 Å². The van der Waals surface area contributed by atoms with E-state index in [2.05, 4.69) is 10.4 Å². The highest BCUT2D eigenvalue weighted by Gasteiger charge is 2.09. The number of thiazole rings is 1. The topological polar surface area (TPSA) is 86.5 Å². The molecule has 6 nitrogen and oxygen atoms in total. The van der Waals surface area contributed by atoms with E-state index in [9.17, 15) is 4.79 Å². The van der Waals surface area contributed by atoms with E-state index < -0.39 is 0 Å². The number of ether oxygens (including phenoxy) is 2. The number of para-hydroxylation sites is 2. The maximum Gasteiger partial charge on any atom is 0.276 e. The molecular formula is C14H17N3O3S. The highest BCUT2D eigenvalue weighted by atomic mass is 32.1. The Kier molecular flexibility index (Phi) is 5.53. The molecule has 0 saturated carbocycles. The lowest BCUT2D eigenvalue weighted by Gasteiger charge is -2.10. The molecule has 0 radical (unpaired) electrons. The molecule has 0 aliphatic carbocycles. The fourth-order valence-electron chi connectivity index (χ4n) is 1.69. The molecule has 1 amide bonds. The molecule has 0 aliphatic rings. The maximum atomic E-state index is 11.3. The van der Waals surface area contributed by atoms with Crippen molar-refractivity contribution in [3.63, 3.8) is 0 Å². The Morgan fingerprint density at radius 3 is 2.71 bits per heavy atom. The lowest BCUT2D eigenvalue weighted by molar-refractivity contribution is 0.0957. The molecule has 1 aromatic carbocycles. The van der Waals surface area contributed by atoms with Crippen molar-refractivity contribution < 1.29 is 14.3 Å². The molecule has 0 saturated heterocycles. The number of hydrazine groups is 1. The third-order valence-corrected chi connectivity index (χ3v) is 3.69. The number of rotatable bonds is 7. The molecule has 0 bridgehead atoms. The van der Waals surface area contributed by atoms with Gasteiger partial charge in [-0.05, 0) is 19.1 Å². The Morgan fingerprint density at radius 1 is 1.33 bits per heavy atom. The van der Waals surface area contributed by atoms with Crippen LogP contribution in [0.15, 0.2) is 30.5 Å². The van der Waals surface area contributed by atoms with E-state index in [-0.39, 0.29) is 5.91 Å². The van der Waals surface area contributed by atoms with Crippen LogP contribution >= 0.6 is 11.3 Å². The van der Waals surface area contributed by atoms with Crippen molar-refractivity contribution >= 4 is 17.2 Å². The van der Waals surface area contributed by atoms with E-state index in [1.165, 1.54) is 17.5 Å². The van der Waals surface area contributed by atoms with Crippen molar-refractivity contribution in [3.8, 4) is 11.5 Å². The predicted octanol–water partition coefficient (Wildman–Crippen LogP) is 1.77. The van der Waals surface area contributed by atoms with Crippen LogP contribution in [-0.4, -0.2) is 24.1 Å². The number of carbonyl (C=O) groups is 1. The van der Waals surface area contributed by atoms with Crippen LogP contribution in [0.2, 0.25) is 0 Å². The first-order valence-electron chi connectivity index (χ1n) is 6.55. The number of nitrogens with zero attached hydrogens (tertiary/aromatic N) is 1. The molecule has 7 heteroatoms. The fourth-order valence-corrected chi connectivity index (χ4v) is 2.50. The molecule has 0 fully saturated rings. The van der Waals surface area contributed by atoms with Crippen LogP contribution in [0.1, 0.15) is 21.6 Å². The Balaban J connectivity index is 1.89. The smallest absolute Gasteiger partial charge is 0.276 e. The third-order valence-electron chi connectivity index (χ3n) is 2.63. The first-order chi connectivity index (χ1) is 10.2. The van der Waals surface area contributed by atoms with Gasteiger partial charge < -0.3 is 9.47 Å². The second-order valence-electron chi connectivity index (χ2n) is 4.07. The van der Waals surface area contributed by atoms with Crippen LogP contribution in [0.4, 0.5) is 0 Å².